The van der Waals surface area contributed by atoms with Crippen LogP contribution in [0.5, 0.6) is 0 Å². The van der Waals surface area contributed by atoms with Crippen LogP contribution in [-0.2, 0) is 14.2 Å². The zero-order valence-electron chi connectivity index (χ0n) is 20.8. The van der Waals surface area contributed by atoms with Crippen molar-refractivity contribution in [1.29, 1.82) is 0 Å². The van der Waals surface area contributed by atoms with E-state index in [1.165, 1.54) is 83.5 Å². The summed E-state index contributed by atoms with van der Waals surface area (Å²) < 4.78 is 18.4. The Balaban J connectivity index is 4.56. The van der Waals surface area contributed by atoms with Gasteiger partial charge in [-0.25, -0.2) is 0 Å². The van der Waals surface area contributed by atoms with Crippen LogP contribution in [0.2, 0.25) is 0 Å². The fourth-order valence-corrected chi connectivity index (χ4v) is 4.49. The summed E-state index contributed by atoms with van der Waals surface area (Å²) in [5.41, 5.74) is 0. The van der Waals surface area contributed by atoms with Crippen LogP contribution in [0.25, 0.3) is 0 Å². The molecule has 0 radical (unpaired) electrons. The van der Waals surface area contributed by atoms with Gasteiger partial charge in [0.05, 0.1) is 0 Å². The monoisotopic (exact) mass is 448 g/mol. The third-order valence-corrected chi connectivity index (χ3v) is 6.15. The van der Waals surface area contributed by atoms with E-state index in [0.29, 0.717) is 25.7 Å². The van der Waals surface area contributed by atoms with Crippen molar-refractivity contribution in [2.75, 3.05) is 25.7 Å². The lowest BCUT2D eigenvalue weighted by molar-refractivity contribution is -0.403. The van der Waals surface area contributed by atoms with Crippen molar-refractivity contribution >= 4 is 11.6 Å². The molecule has 1 atom stereocenters. The molecule has 0 aromatic rings. The minimum Gasteiger partial charge on any atom is -0.328 e. The van der Waals surface area contributed by atoms with Crippen molar-refractivity contribution in [3.05, 3.63) is 0 Å². The smallest absolute Gasteiger partial charge is 0.285 e. The Morgan fingerprint density at radius 1 is 0.533 bits per heavy atom. The van der Waals surface area contributed by atoms with Gasteiger partial charge < -0.3 is 14.2 Å². The Labute approximate surface area is 194 Å². The molecule has 4 heteroatoms. The Kier molecular flexibility index (Phi) is 22.5. The largest absolute Gasteiger partial charge is 0.328 e. The van der Waals surface area contributed by atoms with E-state index in [-0.39, 0.29) is 0 Å². The van der Waals surface area contributed by atoms with Crippen molar-refractivity contribution in [1.82, 2.24) is 0 Å². The van der Waals surface area contributed by atoms with E-state index in [1.54, 1.807) is 0 Å². The molecule has 0 amide bonds. The van der Waals surface area contributed by atoms with Crippen LogP contribution >= 0.6 is 11.6 Å². The molecular weight excluding hydrogens is 396 g/mol. The number of hydrogen-bond acceptors (Lipinski definition) is 3. The van der Waals surface area contributed by atoms with Crippen molar-refractivity contribution in [2.24, 2.45) is 5.92 Å². The minimum atomic E-state index is -0.858. The first-order valence-electron chi connectivity index (χ1n) is 13.2. The second-order valence-corrected chi connectivity index (χ2v) is 8.84. The number of rotatable bonds is 24. The van der Waals surface area contributed by atoms with Crippen molar-refractivity contribution in [3.63, 3.8) is 0 Å². The van der Waals surface area contributed by atoms with Gasteiger partial charge in [0.15, 0.2) is 0 Å². The number of alkyl halides is 1. The fourth-order valence-electron chi connectivity index (χ4n) is 4.30. The van der Waals surface area contributed by atoms with Crippen LogP contribution in [-0.4, -0.2) is 31.7 Å². The highest BCUT2D eigenvalue weighted by Crippen LogP contribution is 2.34. The normalized spacial score (nSPS) is 13.1. The maximum absolute atomic E-state index is 6.15. The van der Waals surface area contributed by atoms with E-state index in [4.69, 9.17) is 25.8 Å². The van der Waals surface area contributed by atoms with E-state index in [0.717, 1.165) is 25.1 Å². The molecule has 182 valence electrons. The summed E-state index contributed by atoms with van der Waals surface area (Å²) in [5, 5.41) is 0. The van der Waals surface area contributed by atoms with Gasteiger partial charge in [0.25, 0.3) is 5.97 Å². The predicted molar refractivity (Wildman–Crippen MR) is 131 cm³/mol. The first-order valence-corrected chi connectivity index (χ1v) is 13.7. The molecule has 0 N–H and O–H groups in total. The zero-order chi connectivity index (χ0) is 22.3. The summed E-state index contributed by atoms with van der Waals surface area (Å²) in [6.45, 7) is 10.3. The number of hydrogen-bond donors (Lipinski definition) is 0. The average Bonchev–Trinajstić information content (AvgIpc) is 2.74. The molecule has 0 aliphatic heterocycles. The summed E-state index contributed by atoms with van der Waals surface area (Å²) in [4.78, 5) is 0. The first kappa shape index (κ1) is 30.2. The SMILES string of the molecule is CCCCCCCCC(CCCCCCCCCCCl)C(OCC)(OCC)OCC. The zero-order valence-corrected chi connectivity index (χ0v) is 21.6. The highest BCUT2D eigenvalue weighted by atomic mass is 35.5. The molecule has 0 fully saturated rings. The predicted octanol–water partition coefficient (Wildman–Crippen LogP) is 8.87. The third kappa shape index (κ3) is 15.1. The Bertz CT molecular complexity index is 321. The summed E-state index contributed by atoms with van der Waals surface area (Å²) in [7, 11) is 0. The van der Waals surface area contributed by atoms with Crippen molar-refractivity contribution < 1.29 is 14.2 Å². The molecule has 0 aliphatic rings. The fraction of sp³-hybridized carbons (Fsp3) is 1.00. The highest BCUT2D eigenvalue weighted by Gasteiger charge is 2.41. The summed E-state index contributed by atoms with van der Waals surface area (Å²) in [6.07, 6.45) is 20.5. The Morgan fingerprint density at radius 3 is 1.27 bits per heavy atom. The molecule has 0 heterocycles. The van der Waals surface area contributed by atoms with Crippen LogP contribution in [0.3, 0.4) is 0 Å². The standard InChI is InChI=1S/C26H53ClO3/c1-5-9-10-11-16-19-22-25(26(28-6-2,29-7-3)30-8-4)23-20-17-14-12-13-15-18-21-24-27/h25H,5-24H2,1-4H3. The van der Waals surface area contributed by atoms with Gasteiger partial charge in [0, 0.05) is 31.6 Å². The average molecular weight is 449 g/mol. The quantitative estimate of drug-likeness (QED) is 0.0837. The third-order valence-electron chi connectivity index (χ3n) is 5.88. The lowest BCUT2D eigenvalue weighted by atomic mass is 9.91. The van der Waals surface area contributed by atoms with Crippen LogP contribution in [0.1, 0.15) is 130 Å². The summed E-state index contributed by atoms with van der Waals surface area (Å²) in [5.74, 6) is 0.261. The summed E-state index contributed by atoms with van der Waals surface area (Å²) >= 11 is 5.75. The highest BCUT2D eigenvalue weighted by molar-refractivity contribution is 6.17. The van der Waals surface area contributed by atoms with Gasteiger partial charge in [-0.1, -0.05) is 90.4 Å². The second kappa shape index (κ2) is 22.4. The molecular formula is C26H53ClO3. The van der Waals surface area contributed by atoms with E-state index in [9.17, 15) is 0 Å². The van der Waals surface area contributed by atoms with E-state index in [1.807, 2.05) is 20.8 Å². The molecule has 1 unspecified atom stereocenters. The van der Waals surface area contributed by atoms with Crippen molar-refractivity contribution in [3.8, 4) is 0 Å². The summed E-state index contributed by atoms with van der Waals surface area (Å²) in [6, 6.07) is 0. The number of halogens is 1. The van der Waals surface area contributed by atoms with E-state index in [2.05, 4.69) is 6.92 Å². The van der Waals surface area contributed by atoms with E-state index < -0.39 is 5.97 Å². The lowest BCUT2D eigenvalue weighted by Crippen LogP contribution is -2.46. The van der Waals surface area contributed by atoms with Crippen LogP contribution in [0, 0.1) is 5.92 Å². The van der Waals surface area contributed by atoms with Gasteiger partial charge in [0.1, 0.15) is 0 Å². The van der Waals surface area contributed by atoms with Crippen LogP contribution in [0.15, 0.2) is 0 Å². The minimum absolute atomic E-state index is 0.312. The second-order valence-electron chi connectivity index (χ2n) is 8.46. The maximum atomic E-state index is 6.15. The molecule has 0 spiro atoms. The van der Waals surface area contributed by atoms with Crippen molar-refractivity contribution in [2.45, 2.75) is 136 Å². The topological polar surface area (TPSA) is 27.7 Å². The van der Waals surface area contributed by atoms with Gasteiger partial charge in [-0.2, -0.15) is 0 Å². The number of unbranched alkanes of at least 4 members (excludes halogenated alkanes) is 12. The number of ether oxygens (including phenoxy) is 3. The van der Waals surface area contributed by atoms with E-state index >= 15 is 0 Å². The Morgan fingerprint density at radius 2 is 0.900 bits per heavy atom. The molecule has 30 heavy (non-hydrogen) atoms. The molecule has 0 aromatic carbocycles. The van der Waals surface area contributed by atoms with Gasteiger partial charge in [-0.15, -0.1) is 11.6 Å². The lowest BCUT2D eigenvalue weighted by Gasteiger charge is -2.39. The molecule has 0 saturated carbocycles. The van der Waals surface area contributed by atoms with Gasteiger partial charge in [0.2, 0.25) is 0 Å². The van der Waals surface area contributed by atoms with Crippen LogP contribution < -0.4 is 0 Å². The van der Waals surface area contributed by atoms with Gasteiger partial charge in [-0.05, 0) is 40.0 Å². The Hall–Kier alpha value is 0.170. The molecule has 0 bridgehead atoms. The molecule has 0 aromatic heterocycles. The van der Waals surface area contributed by atoms with Gasteiger partial charge >= 0.3 is 0 Å². The first-order chi connectivity index (χ1) is 14.7. The maximum Gasteiger partial charge on any atom is 0.285 e. The molecule has 0 rings (SSSR count). The molecule has 3 nitrogen and oxygen atoms in total. The van der Waals surface area contributed by atoms with Crippen LogP contribution in [0.4, 0.5) is 0 Å². The van der Waals surface area contributed by atoms with Gasteiger partial charge in [-0.3, -0.25) is 0 Å². The molecule has 0 saturated heterocycles. The molecule has 0 aliphatic carbocycles.